The highest BCUT2D eigenvalue weighted by Gasteiger charge is 2.17. The number of hydrogen-bond donors (Lipinski definition) is 1. The van der Waals surface area contributed by atoms with Gasteiger partial charge in [-0.05, 0) is 24.3 Å². The predicted octanol–water partition coefficient (Wildman–Crippen LogP) is 3.10. The van der Waals surface area contributed by atoms with Gasteiger partial charge in [0.25, 0.3) is 0 Å². The fraction of sp³-hybridized carbons (Fsp3) is 0.333. The minimum Gasteiger partial charge on any atom is -0.497 e. The standard InChI is InChI=1S/C21H24N4O3/c1-26-16-8-7-15(19(13-16)27-2)14-22-21-23-18-6-4-3-5-17(18)20(24-21)25-9-11-28-12-10-25/h3-8,13H,9-12,14H2,1-2H3,(H,22,23,24). The molecule has 146 valence electrons. The highest BCUT2D eigenvalue weighted by molar-refractivity contribution is 5.90. The Bertz CT molecular complexity index is 958. The van der Waals surface area contributed by atoms with Crippen LogP contribution in [0.1, 0.15) is 5.56 Å². The average molecular weight is 380 g/mol. The number of aromatic nitrogens is 2. The van der Waals surface area contributed by atoms with Crippen molar-refractivity contribution >= 4 is 22.7 Å². The highest BCUT2D eigenvalue weighted by Crippen LogP contribution is 2.28. The number of methoxy groups -OCH3 is 2. The molecule has 3 aromatic rings. The van der Waals surface area contributed by atoms with Crippen molar-refractivity contribution in [2.24, 2.45) is 0 Å². The molecule has 0 spiro atoms. The lowest BCUT2D eigenvalue weighted by Gasteiger charge is -2.29. The Morgan fingerprint density at radius 1 is 1.04 bits per heavy atom. The van der Waals surface area contributed by atoms with Crippen LogP contribution in [-0.4, -0.2) is 50.5 Å². The van der Waals surface area contributed by atoms with E-state index in [1.54, 1.807) is 14.2 Å². The monoisotopic (exact) mass is 380 g/mol. The molecule has 2 heterocycles. The van der Waals surface area contributed by atoms with Crippen LogP contribution in [0.25, 0.3) is 10.9 Å². The van der Waals surface area contributed by atoms with Crippen LogP contribution in [0.5, 0.6) is 11.5 Å². The molecule has 4 rings (SSSR count). The molecule has 1 N–H and O–H groups in total. The van der Waals surface area contributed by atoms with Gasteiger partial charge in [0.2, 0.25) is 5.95 Å². The number of morpholine rings is 1. The largest absolute Gasteiger partial charge is 0.497 e. The van der Waals surface area contributed by atoms with Gasteiger partial charge in [-0.2, -0.15) is 4.98 Å². The van der Waals surface area contributed by atoms with E-state index in [-0.39, 0.29) is 0 Å². The first-order chi connectivity index (χ1) is 13.8. The van der Waals surface area contributed by atoms with Crippen molar-refractivity contribution < 1.29 is 14.2 Å². The summed E-state index contributed by atoms with van der Waals surface area (Å²) in [6.07, 6.45) is 0. The Morgan fingerprint density at radius 2 is 1.86 bits per heavy atom. The molecule has 28 heavy (non-hydrogen) atoms. The van der Waals surface area contributed by atoms with Gasteiger partial charge in [-0.1, -0.05) is 12.1 Å². The molecule has 1 aliphatic heterocycles. The zero-order valence-electron chi connectivity index (χ0n) is 16.1. The quantitative estimate of drug-likeness (QED) is 0.705. The molecule has 0 aliphatic carbocycles. The minimum atomic E-state index is 0.550. The summed E-state index contributed by atoms with van der Waals surface area (Å²) in [6.45, 7) is 3.63. The van der Waals surface area contributed by atoms with Gasteiger partial charge in [-0.15, -0.1) is 0 Å². The van der Waals surface area contributed by atoms with Crippen molar-refractivity contribution in [3.63, 3.8) is 0 Å². The molecule has 0 atom stereocenters. The second kappa shape index (κ2) is 8.31. The first kappa shape index (κ1) is 18.3. The molecule has 7 nitrogen and oxygen atoms in total. The smallest absolute Gasteiger partial charge is 0.225 e. The van der Waals surface area contributed by atoms with Gasteiger partial charge in [-0.3, -0.25) is 0 Å². The second-order valence-corrected chi connectivity index (χ2v) is 6.52. The summed E-state index contributed by atoms with van der Waals surface area (Å²) >= 11 is 0. The van der Waals surface area contributed by atoms with E-state index in [1.165, 1.54) is 0 Å². The van der Waals surface area contributed by atoms with Gasteiger partial charge < -0.3 is 24.4 Å². The van der Waals surface area contributed by atoms with E-state index >= 15 is 0 Å². The number of ether oxygens (including phenoxy) is 3. The number of rotatable bonds is 6. The maximum Gasteiger partial charge on any atom is 0.225 e. The van der Waals surface area contributed by atoms with Crippen LogP contribution in [0.2, 0.25) is 0 Å². The zero-order chi connectivity index (χ0) is 19.3. The van der Waals surface area contributed by atoms with E-state index in [0.717, 1.165) is 46.9 Å². The van der Waals surface area contributed by atoms with Crippen molar-refractivity contribution in [2.75, 3.05) is 50.7 Å². The van der Waals surface area contributed by atoms with Gasteiger partial charge in [-0.25, -0.2) is 4.98 Å². The van der Waals surface area contributed by atoms with E-state index < -0.39 is 0 Å². The Labute approximate surface area is 164 Å². The predicted molar refractivity (Wildman–Crippen MR) is 109 cm³/mol. The molecule has 7 heteroatoms. The molecule has 0 unspecified atom stereocenters. The molecule has 0 saturated carbocycles. The molecule has 1 aliphatic rings. The van der Waals surface area contributed by atoms with Gasteiger partial charge in [0.05, 0.1) is 33.0 Å². The third-order valence-corrected chi connectivity index (χ3v) is 4.82. The molecule has 2 aromatic carbocycles. The fourth-order valence-electron chi connectivity index (χ4n) is 3.33. The molecular weight excluding hydrogens is 356 g/mol. The van der Waals surface area contributed by atoms with Crippen LogP contribution in [0.15, 0.2) is 42.5 Å². The Morgan fingerprint density at radius 3 is 2.64 bits per heavy atom. The Balaban J connectivity index is 1.62. The van der Waals surface area contributed by atoms with E-state index in [0.29, 0.717) is 25.7 Å². The van der Waals surface area contributed by atoms with Crippen molar-refractivity contribution in [3.05, 3.63) is 48.0 Å². The fourth-order valence-corrected chi connectivity index (χ4v) is 3.33. The average Bonchev–Trinajstić information content (AvgIpc) is 2.77. The second-order valence-electron chi connectivity index (χ2n) is 6.52. The third kappa shape index (κ3) is 3.80. The number of benzene rings is 2. The van der Waals surface area contributed by atoms with Crippen molar-refractivity contribution in [3.8, 4) is 11.5 Å². The number of para-hydroxylation sites is 1. The van der Waals surface area contributed by atoms with Gasteiger partial charge in [0.1, 0.15) is 17.3 Å². The van der Waals surface area contributed by atoms with Gasteiger partial charge >= 0.3 is 0 Å². The summed E-state index contributed by atoms with van der Waals surface area (Å²) in [5, 5.41) is 4.40. The number of nitrogens with one attached hydrogen (secondary N) is 1. The molecule has 0 bridgehead atoms. The molecule has 0 amide bonds. The minimum absolute atomic E-state index is 0.550. The van der Waals surface area contributed by atoms with E-state index in [2.05, 4.69) is 21.3 Å². The zero-order valence-corrected chi connectivity index (χ0v) is 16.1. The van der Waals surface area contributed by atoms with Crippen LogP contribution in [0.4, 0.5) is 11.8 Å². The summed E-state index contributed by atoms with van der Waals surface area (Å²) in [5.41, 5.74) is 1.93. The van der Waals surface area contributed by atoms with Crippen molar-refractivity contribution in [2.45, 2.75) is 6.54 Å². The number of anilines is 2. The normalized spacial score (nSPS) is 14.1. The lowest BCUT2D eigenvalue weighted by Crippen LogP contribution is -2.37. The molecular formula is C21H24N4O3. The summed E-state index contributed by atoms with van der Waals surface area (Å²) in [7, 11) is 3.30. The first-order valence-electron chi connectivity index (χ1n) is 9.33. The summed E-state index contributed by atoms with van der Waals surface area (Å²) in [5.74, 6) is 3.06. The van der Waals surface area contributed by atoms with Crippen LogP contribution in [-0.2, 0) is 11.3 Å². The van der Waals surface area contributed by atoms with Gasteiger partial charge in [0.15, 0.2) is 0 Å². The summed E-state index contributed by atoms with van der Waals surface area (Å²) in [6, 6.07) is 13.9. The molecule has 1 saturated heterocycles. The van der Waals surface area contributed by atoms with Crippen LogP contribution in [0.3, 0.4) is 0 Å². The van der Waals surface area contributed by atoms with Crippen molar-refractivity contribution in [1.29, 1.82) is 0 Å². The van der Waals surface area contributed by atoms with Crippen LogP contribution in [0, 0.1) is 0 Å². The van der Waals surface area contributed by atoms with E-state index in [1.807, 2.05) is 36.4 Å². The molecule has 0 radical (unpaired) electrons. The summed E-state index contributed by atoms with van der Waals surface area (Å²) < 4.78 is 16.2. The Kier molecular flexibility index (Phi) is 5.43. The number of hydrogen-bond acceptors (Lipinski definition) is 7. The third-order valence-electron chi connectivity index (χ3n) is 4.82. The first-order valence-corrected chi connectivity index (χ1v) is 9.33. The number of fused-ring (bicyclic) bond motifs is 1. The lowest BCUT2D eigenvalue weighted by molar-refractivity contribution is 0.122. The van der Waals surface area contributed by atoms with E-state index in [4.69, 9.17) is 19.2 Å². The van der Waals surface area contributed by atoms with Crippen molar-refractivity contribution in [1.82, 2.24) is 9.97 Å². The topological polar surface area (TPSA) is 68.7 Å². The maximum atomic E-state index is 5.49. The van der Waals surface area contributed by atoms with E-state index in [9.17, 15) is 0 Å². The highest BCUT2D eigenvalue weighted by atomic mass is 16.5. The maximum absolute atomic E-state index is 5.49. The van der Waals surface area contributed by atoms with Crippen LogP contribution >= 0.6 is 0 Å². The Hall–Kier alpha value is -3.06. The van der Waals surface area contributed by atoms with Gasteiger partial charge in [0, 0.05) is 36.7 Å². The lowest BCUT2D eigenvalue weighted by atomic mass is 10.2. The molecule has 1 fully saturated rings. The number of nitrogens with zero attached hydrogens (tertiary/aromatic N) is 3. The summed E-state index contributed by atoms with van der Waals surface area (Å²) in [4.78, 5) is 11.8. The van der Waals surface area contributed by atoms with Crippen LogP contribution < -0.4 is 19.7 Å². The SMILES string of the molecule is COc1ccc(CNc2nc(N3CCOCC3)c3ccccc3n2)c(OC)c1. The molecule has 1 aromatic heterocycles.